The van der Waals surface area contributed by atoms with E-state index >= 15 is 0 Å². The molecule has 0 aromatic rings. The Balaban J connectivity index is 3.81. The molecule has 3 nitrogen and oxygen atoms in total. The first-order valence-electron chi connectivity index (χ1n) is 5.79. The van der Waals surface area contributed by atoms with E-state index in [1.807, 2.05) is 13.8 Å². The third-order valence-electron chi connectivity index (χ3n) is 2.17. The fourth-order valence-electron chi connectivity index (χ4n) is 1.25. The van der Waals surface area contributed by atoms with Crippen LogP contribution in [0.2, 0.25) is 0 Å². The van der Waals surface area contributed by atoms with E-state index in [2.05, 4.69) is 10.5 Å². The topological polar surface area (TPSA) is 27.7 Å². The van der Waals surface area contributed by atoms with E-state index in [0.29, 0.717) is 11.8 Å². The molecule has 0 saturated carbocycles. The van der Waals surface area contributed by atoms with Crippen molar-refractivity contribution in [1.29, 1.82) is 0 Å². The Labute approximate surface area is 120 Å². The minimum Gasteiger partial charge on any atom is -0.413 e. The normalized spacial score (nSPS) is 15.2. The Morgan fingerprint density at radius 2 is 1.41 bits per heavy atom. The molecule has 0 rings (SSSR count). The maximum absolute atomic E-state index is 5.67. The van der Waals surface area contributed by atoms with Gasteiger partial charge in [-0.3, -0.25) is 0 Å². The molecule has 0 saturated heterocycles. The summed E-state index contributed by atoms with van der Waals surface area (Å²) in [5, 5.41) is 0. The van der Waals surface area contributed by atoms with Gasteiger partial charge in [-0.05, 0) is 39.5 Å². The maximum atomic E-state index is 5.67. The highest BCUT2D eigenvalue weighted by atomic mass is 35.5. The molecule has 0 fully saturated rings. The van der Waals surface area contributed by atoms with E-state index in [1.165, 1.54) is 0 Å². The molecule has 100 valence electrons. The molecule has 0 aromatic carbocycles. The molecule has 4 radical (unpaired) electrons. The summed E-state index contributed by atoms with van der Waals surface area (Å²) >= 11 is 11.3. The standard InChI is InChI=1S/C10H20Cl2O3Si2/c1-9(5-3-7-11)13-17(15-16)14-10(2)6-4-8-12/h9-10H,3-8H2,1-2H3. The van der Waals surface area contributed by atoms with Gasteiger partial charge in [-0.2, -0.15) is 0 Å². The van der Waals surface area contributed by atoms with E-state index < -0.39 is 9.53 Å². The van der Waals surface area contributed by atoms with Crippen LogP contribution in [0.15, 0.2) is 0 Å². The summed E-state index contributed by atoms with van der Waals surface area (Å²) in [6.45, 7) is 3.99. The lowest BCUT2D eigenvalue weighted by Gasteiger charge is -2.21. The minimum atomic E-state index is -1.71. The van der Waals surface area contributed by atoms with E-state index in [1.54, 1.807) is 0 Å². The summed E-state index contributed by atoms with van der Waals surface area (Å²) in [5.74, 6) is 1.30. The summed E-state index contributed by atoms with van der Waals surface area (Å²) in [6.07, 6.45) is 3.88. The summed E-state index contributed by atoms with van der Waals surface area (Å²) in [4.78, 5) is 0. The van der Waals surface area contributed by atoms with Crippen molar-refractivity contribution in [2.45, 2.75) is 51.7 Å². The van der Waals surface area contributed by atoms with Gasteiger partial charge in [0.05, 0.1) is 0 Å². The average molecular weight is 315 g/mol. The summed E-state index contributed by atoms with van der Waals surface area (Å²) < 4.78 is 16.4. The van der Waals surface area contributed by atoms with Crippen LogP contribution in [0.4, 0.5) is 0 Å². The molecule has 0 aliphatic heterocycles. The second kappa shape index (κ2) is 12.0. The second-order valence-corrected chi connectivity index (χ2v) is 6.42. The average Bonchev–Trinajstić information content (AvgIpc) is 2.32. The van der Waals surface area contributed by atoms with Crippen LogP contribution in [-0.2, 0) is 13.0 Å². The van der Waals surface area contributed by atoms with Crippen molar-refractivity contribution in [1.82, 2.24) is 0 Å². The lowest BCUT2D eigenvalue weighted by Crippen LogP contribution is -2.33. The van der Waals surface area contributed by atoms with Gasteiger partial charge >= 0.3 is 9.53 Å². The van der Waals surface area contributed by atoms with Crippen molar-refractivity contribution in [2.75, 3.05) is 11.8 Å². The van der Waals surface area contributed by atoms with E-state index in [9.17, 15) is 0 Å². The third-order valence-corrected chi connectivity index (χ3v) is 4.56. The van der Waals surface area contributed by atoms with Gasteiger partial charge in [-0.15, -0.1) is 23.2 Å². The van der Waals surface area contributed by atoms with Crippen LogP contribution in [0, 0.1) is 0 Å². The Morgan fingerprint density at radius 1 is 1.00 bits per heavy atom. The zero-order valence-corrected chi connectivity index (χ0v) is 13.9. The van der Waals surface area contributed by atoms with Crippen molar-refractivity contribution in [3.63, 3.8) is 0 Å². The molecule has 0 bridgehead atoms. The first-order valence-corrected chi connectivity index (χ1v) is 8.50. The Hall–Kier alpha value is 0.894. The Kier molecular flexibility index (Phi) is 12.6. The highest BCUT2D eigenvalue weighted by Crippen LogP contribution is 2.09. The molecule has 2 unspecified atom stereocenters. The molecule has 2 atom stereocenters. The summed E-state index contributed by atoms with van der Waals surface area (Å²) in [7, 11) is 1.29. The molecule has 0 spiro atoms. The monoisotopic (exact) mass is 314 g/mol. The van der Waals surface area contributed by atoms with Crippen LogP contribution in [0.3, 0.4) is 0 Å². The Bertz CT molecular complexity index is 162. The molecular weight excluding hydrogens is 295 g/mol. The molecular formula is C10H20Cl2O3Si2. The predicted molar refractivity (Wildman–Crippen MR) is 73.6 cm³/mol. The Morgan fingerprint density at radius 3 is 1.71 bits per heavy atom. The molecule has 17 heavy (non-hydrogen) atoms. The number of halogens is 2. The van der Waals surface area contributed by atoms with Crippen LogP contribution in [0.5, 0.6) is 0 Å². The van der Waals surface area contributed by atoms with Gasteiger partial charge in [0.25, 0.3) is 0 Å². The molecule has 0 aromatic heterocycles. The van der Waals surface area contributed by atoms with Gasteiger partial charge in [0.2, 0.25) is 10.5 Å². The first-order chi connectivity index (χ1) is 8.13. The molecule has 0 aliphatic rings. The number of hydrogen-bond donors (Lipinski definition) is 0. The SMILES string of the molecule is CC(CCCCl)O[Si](O[Si])OC(C)CCCCl. The van der Waals surface area contributed by atoms with Crippen LogP contribution in [0.25, 0.3) is 0 Å². The second-order valence-electron chi connectivity index (χ2n) is 3.87. The van der Waals surface area contributed by atoms with Crippen LogP contribution in [-0.4, -0.2) is 44.0 Å². The van der Waals surface area contributed by atoms with Crippen LogP contribution < -0.4 is 0 Å². The van der Waals surface area contributed by atoms with Gasteiger partial charge in [0.1, 0.15) is 0 Å². The van der Waals surface area contributed by atoms with Gasteiger partial charge in [0.15, 0.2) is 0 Å². The molecule has 0 heterocycles. The number of rotatable bonds is 11. The van der Waals surface area contributed by atoms with Gasteiger partial charge < -0.3 is 13.0 Å². The van der Waals surface area contributed by atoms with Gasteiger partial charge in [-0.1, -0.05) is 0 Å². The summed E-state index contributed by atoms with van der Waals surface area (Å²) in [5.41, 5.74) is 0. The van der Waals surface area contributed by atoms with Crippen molar-refractivity contribution in [3.05, 3.63) is 0 Å². The zero-order chi connectivity index (χ0) is 13.1. The lowest BCUT2D eigenvalue weighted by atomic mass is 10.2. The van der Waals surface area contributed by atoms with Gasteiger partial charge in [0, 0.05) is 24.0 Å². The lowest BCUT2D eigenvalue weighted by molar-refractivity contribution is 0.0678. The number of hydrogen-bond acceptors (Lipinski definition) is 3. The van der Waals surface area contributed by atoms with Crippen LogP contribution >= 0.6 is 23.2 Å². The molecule has 0 N–H and O–H groups in total. The largest absolute Gasteiger partial charge is 0.566 e. The summed E-state index contributed by atoms with van der Waals surface area (Å²) in [6, 6.07) is 0. The molecule has 0 aliphatic carbocycles. The maximum Gasteiger partial charge on any atom is 0.566 e. The minimum absolute atomic E-state index is 0.0965. The zero-order valence-electron chi connectivity index (χ0n) is 10.4. The van der Waals surface area contributed by atoms with Crippen molar-refractivity contribution >= 4 is 43.2 Å². The van der Waals surface area contributed by atoms with E-state index in [4.69, 9.17) is 36.2 Å². The predicted octanol–water partition coefficient (Wildman–Crippen LogP) is 2.92. The van der Waals surface area contributed by atoms with Crippen LogP contribution in [0.1, 0.15) is 39.5 Å². The third kappa shape index (κ3) is 10.5. The fraction of sp³-hybridized carbons (Fsp3) is 1.00. The fourth-order valence-corrected chi connectivity index (χ4v) is 2.89. The molecule has 7 heteroatoms. The van der Waals surface area contributed by atoms with E-state index in [-0.39, 0.29) is 12.2 Å². The van der Waals surface area contributed by atoms with Crippen molar-refractivity contribution in [3.8, 4) is 0 Å². The first kappa shape index (κ1) is 17.9. The highest BCUT2D eigenvalue weighted by molar-refractivity contribution is 6.42. The van der Waals surface area contributed by atoms with Crippen molar-refractivity contribution in [2.24, 2.45) is 0 Å². The quantitative estimate of drug-likeness (QED) is 0.433. The smallest absolute Gasteiger partial charge is 0.413 e. The highest BCUT2D eigenvalue weighted by Gasteiger charge is 2.23. The van der Waals surface area contributed by atoms with Gasteiger partial charge in [-0.25, -0.2) is 0 Å². The van der Waals surface area contributed by atoms with E-state index in [0.717, 1.165) is 25.7 Å². The number of alkyl halides is 2. The van der Waals surface area contributed by atoms with Crippen molar-refractivity contribution < 1.29 is 13.0 Å². The molecule has 0 amide bonds.